The van der Waals surface area contributed by atoms with Crippen LogP contribution in [-0.4, -0.2) is 20.9 Å². The van der Waals surface area contributed by atoms with Crippen LogP contribution >= 0.6 is 0 Å². The average molecular weight is 383 g/mol. The Morgan fingerprint density at radius 2 is 1.66 bits per heavy atom. The van der Waals surface area contributed by atoms with Gasteiger partial charge in [-0.15, -0.1) is 0 Å². The van der Waals surface area contributed by atoms with E-state index in [-0.39, 0.29) is 11.6 Å². The third-order valence-corrected chi connectivity index (χ3v) is 4.71. The summed E-state index contributed by atoms with van der Waals surface area (Å²) in [7, 11) is 0. The zero-order chi connectivity index (χ0) is 20.4. The van der Waals surface area contributed by atoms with Gasteiger partial charge in [-0.25, -0.2) is 9.97 Å². The molecule has 4 aromatic rings. The first-order chi connectivity index (χ1) is 14.0. The maximum atomic E-state index is 12.8. The summed E-state index contributed by atoms with van der Waals surface area (Å²) in [4.78, 5) is 25.5. The molecule has 0 atom stereocenters. The van der Waals surface area contributed by atoms with Gasteiger partial charge in [0.2, 0.25) is 0 Å². The maximum absolute atomic E-state index is 12.8. The Morgan fingerprint density at radius 1 is 0.897 bits per heavy atom. The lowest BCUT2D eigenvalue weighted by atomic mass is 10.1. The minimum atomic E-state index is -0.314. The van der Waals surface area contributed by atoms with E-state index in [1.54, 1.807) is 12.3 Å². The van der Waals surface area contributed by atoms with Gasteiger partial charge in [0.25, 0.3) is 5.91 Å². The van der Waals surface area contributed by atoms with Gasteiger partial charge < -0.3 is 10.6 Å². The second kappa shape index (κ2) is 7.67. The number of amides is 1. The molecule has 29 heavy (non-hydrogen) atoms. The SMILES string of the molecule is Cc1cc(C)c(Nc2cc(C(=O)Nc3cccc4cccnc34)ncn2)c(C)c1. The van der Waals surface area contributed by atoms with Crippen LogP contribution in [0.1, 0.15) is 27.2 Å². The first-order valence-electron chi connectivity index (χ1n) is 9.33. The summed E-state index contributed by atoms with van der Waals surface area (Å²) in [5.74, 6) is 0.252. The number of aromatic nitrogens is 3. The second-order valence-electron chi connectivity index (χ2n) is 7.02. The van der Waals surface area contributed by atoms with Crippen LogP contribution in [0, 0.1) is 20.8 Å². The summed E-state index contributed by atoms with van der Waals surface area (Å²) < 4.78 is 0. The number of carbonyl (C=O) groups excluding carboxylic acids is 1. The van der Waals surface area contributed by atoms with Gasteiger partial charge in [-0.05, 0) is 44.0 Å². The summed E-state index contributed by atoms with van der Waals surface area (Å²) in [6.45, 7) is 6.16. The summed E-state index contributed by atoms with van der Waals surface area (Å²) in [5, 5.41) is 7.17. The Kier molecular flexibility index (Phi) is 4.91. The van der Waals surface area contributed by atoms with E-state index in [4.69, 9.17) is 0 Å². The van der Waals surface area contributed by atoms with Crippen molar-refractivity contribution < 1.29 is 4.79 Å². The fraction of sp³-hybridized carbons (Fsp3) is 0.130. The molecule has 0 bridgehead atoms. The second-order valence-corrected chi connectivity index (χ2v) is 7.02. The van der Waals surface area contributed by atoms with Gasteiger partial charge in [0.1, 0.15) is 17.8 Å². The minimum Gasteiger partial charge on any atom is -0.340 e. The third-order valence-electron chi connectivity index (χ3n) is 4.71. The highest BCUT2D eigenvalue weighted by Gasteiger charge is 2.12. The van der Waals surface area contributed by atoms with Gasteiger partial charge >= 0.3 is 0 Å². The molecule has 0 unspecified atom stereocenters. The molecule has 0 spiro atoms. The van der Waals surface area contributed by atoms with Crippen molar-refractivity contribution in [3.05, 3.63) is 83.4 Å². The van der Waals surface area contributed by atoms with Crippen molar-refractivity contribution in [3.8, 4) is 0 Å². The van der Waals surface area contributed by atoms with E-state index in [0.29, 0.717) is 11.5 Å². The van der Waals surface area contributed by atoms with Crippen molar-refractivity contribution in [2.24, 2.45) is 0 Å². The highest BCUT2D eigenvalue weighted by atomic mass is 16.1. The van der Waals surface area contributed by atoms with Gasteiger partial charge in [-0.1, -0.05) is 35.9 Å². The van der Waals surface area contributed by atoms with Gasteiger partial charge in [0.15, 0.2) is 0 Å². The van der Waals surface area contributed by atoms with Gasteiger partial charge in [0, 0.05) is 23.3 Å². The molecule has 0 aliphatic rings. The van der Waals surface area contributed by atoms with E-state index >= 15 is 0 Å². The van der Waals surface area contributed by atoms with Crippen LogP contribution in [0.15, 0.2) is 61.1 Å². The van der Waals surface area contributed by atoms with Crippen molar-refractivity contribution in [2.75, 3.05) is 10.6 Å². The van der Waals surface area contributed by atoms with E-state index in [9.17, 15) is 4.79 Å². The largest absolute Gasteiger partial charge is 0.340 e. The van der Waals surface area contributed by atoms with Crippen molar-refractivity contribution in [1.29, 1.82) is 0 Å². The number of para-hydroxylation sites is 1. The molecule has 1 amide bonds. The number of aryl methyl sites for hydroxylation is 3. The van der Waals surface area contributed by atoms with E-state index in [1.807, 2.05) is 44.2 Å². The van der Waals surface area contributed by atoms with Gasteiger partial charge in [0.05, 0.1) is 11.2 Å². The molecular weight excluding hydrogens is 362 g/mol. The number of nitrogens with one attached hydrogen (secondary N) is 2. The normalized spacial score (nSPS) is 10.7. The van der Waals surface area contributed by atoms with Crippen LogP contribution in [0.5, 0.6) is 0 Å². The summed E-state index contributed by atoms with van der Waals surface area (Å²) >= 11 is 0. The number of pyridine rings is 1. The summed E-state index contributed by atoms with van der Waals surface area (Å²) in [5.41, 5.74) is 6.09. The van der Waals surface area contributed by atoms with Gasteiger partial charge in [-0.2, -0.15) is 0 Å². The molecule has 4 rings (SSSR count). The highest BCUT2D eigenvalue weighted by Crippen LogP contribution is 2.25. The lowest BCUT2D eigenvalue weighted by Crippen LogP contribution is -2.15. The van der Waals surface area contributed by atoms with Crippen LogP contribution in [0.2, 0.25) is 0 Å². The Balaban J connectivity index is 1.59. The van der Waals surface area contributed by atoms with Gasteiger partial charge in [-0.3, -0.25) is 9.78 Å². The van der Waals surface area contributed by atoms with E-state index in [1.165, 1.54) is 11.9 Å². The molecule has 6 nitrogen and oxygen atoms in total. The summed E-state index contributed by atoms with van der Waals surface area (Å²) in [6.07, 6.45) is 3.09. The Morgan fingerprint density at radius 3 is 2.45 bits per heavy atom. The predicted molar refractivity (Wildman–Crippen MR) is 116 cm³/mol. The Bertz CT molecular complexity index is 1190. The lowest BCUT2D eigenvalue weighted by molar-refractivity contribution is 0.102. The zero-order valence-corrected chi connectivity index (χ0v) is 16.5. The molecule has 6 heteroatoms. The highest BCUT2D eigenvalue weighted by molar-refractivity contribution is 6.07. The Hall–Kier alpha value is -3.80. The van der Waals surface area contributed by atoms with Crippen LogP contribution in [0.4, 0.5) is 17.2 Å². The number of hydrogen-bond acceptors (Lipinski definition) is 5. The molecule has 2 N–H and O–H groups in total. The van der Waals surface area contributed by atoms with Crippen molar-refractivity contribution in [2.45, 2.75) is 20.8 Å². The number of rotatable bonds is 4. The van der Waals surface area contributed by atoms with E-state index in [0.717, 1.165) is 27.7 Å². The van der Waals surface area contributed by atoms with E-state index < -0.39 is 0 Å². The van der Waals surface area contributed by atoms with Crippen molar-refractivity contribution in [3.63, 3.8) is 0 Å². The van der Waals surface area contributed by atoms with Crippen molar-refractivity contribution >= 4 is 34.0 Å². The maximum Gasteiger partial charge on any atom is 0.274 e. The minimum absolute atomic E-state index is 0.276. The number of fused-ring (bicyclic) bond motifs is 1. The fourth-order valence-corrected chi connectivity index (χ4v) is 3.45. The fourth-order valence-electron chi connectivity index (χ4n) is 3.45. The first-order valence-corrected chi connectivity index (χ1v) is 9.33. The van der Waals surface area contributed by atoms with E-state index in [2.05, 4.69) is 44.6 Å². The molecule has 2 aromatic carbocycles. The molecule has 0 radical (unpaired) electrons. The monoisotopic (exact) mass is 383 g/mol. The number of benzene rings is 2. The molecule has 2 aromatic heterocycles. The molecule has 0 aliphatic carbocycles. The molecule has 2 heterocycles. The third kappa shape index (κ3) is 3.91. The zero-order valence-electron chi connectivity index (χ0n) is 16.5. The molecule has 0 aliphatic heterocycles. The van der Waals surface area contributed by atoms with Crippen LogP contribution in [0.3, 0.4) is 0 Å². The number of anilines is 3. The Labute approximate surface area is 169 Å². The van der Waals surface area contributed by atoms with Crippen LogP contribution in [0.25, 0.3) is 10.9 Å². The molecule has 144 valence electrons. The van der Waals surface area contributed by atoms with Crippen LogP contribution in [-0.2, 0) is 0 Å². The smallest absolute Gasteiger partial charge is 0.274 e. The van der Waals surface area contributed by atoms with Crippen molar-refractivity contribution in [1.82, 2.24) is 15.0 Å². The molecule has 0 saturated heterocycles. The molecule has 0 saturated carbocycles. The quantitative estimate of drug-likeness (QED) is 0.521. The topological polar surface area (TPSA) is 79.8 Å². The number of carbonyl (C=O) groups is 1. The lowest BCUT2D eigenvalue weighted by Gasteiger charge is -2.14. The summed E-state index contributed by atoms with van der Waals surface area (Å²) in [6, 6.07) is 15.4. The molecule has 0 fully saturated rings. The predicted octanol–water partition coefficient (Wildman–Crippen LogP) is 4.95. The average Bonchev–Trinajstić information content (AvgIpc) is 2.71. The standard InChI is InChI=1S/C23H21N5O/c1-14-10-15(2)21(16(3)11-14)28-20-12-19(25-13-26-20)23(29)27-18-8-4-6-17-7-5-9-24-22(17)18/h4-13H,1-3H3,(H,27,29)(H,25,26,28). The number of hydrogen-bond donors (Lipinski definition) is 2. The van der Waals surface area contributed by atoms with Crippen LogP contribution < -0.4 is 10.6 Å². The first kappa shape index (κ1) is 18.6. The molecular formula is C23H21N5O. The number of nitrogens with zero attached hydrogens (tertiary/aromatic N) is 3.